The van der Waals surface area contributed by atoms with Crippen LogP contribution in [0.4, 0.5) is 0 Å². The van der Waals surface area contributed by atoms with Gasteiger partial charge < -0.3 is 23.5 Å². The fourth-order valence-electron chi connectivity index (χ4n) is 5.17. The summed E-state index contributed by atoms with van der Waals surface area (Å²) in [6.45, 7) is 7.41. The molecule has 2 heterocycles. The first kappa shape index (κ1) is 31.2. The Labute approximate surface area is 254 Å². The topological polar surface area (TPSA) is 65.3 Å². The number of aryl methyl sites for hydroxylation is 1. The van der Waals surface area contributed by atoms with Crippen LogP contribution in [0.2, 0.25) is 5.02 Å². The molecule has 0 spiro atoms. The summed E-state index contributed by atoms with van der Waals surface area (Å²) in [5.41, 5.74) is 5.46. The predicted molar refractivity (Wildman–Crippen MR) is 168 cm³/mol. The molecule has 8 heteroatoms. The smallest absolute Gasteiger partial charge is 0.255 e. The zero-order valence-corrected chi connectivity index (χ0v) is 26.3. The first-order chi connectivity index (χ1) is 20.3. The van der Waals surface area contributed by atoms with Crippen LogP contribution in [-0.4, -0.2) is 48.1 Å². The van der Waals surface area contributed by atoms with Gasteiger partial charge in [0.1, 0.15) is 11.4 Å². The van der Waals surface area contributed by atoms with Gasteiger partial charge in [0.25, 0.3) is 5.91 Å². The molecule has 0 unspecified atom stereocenters. The van der Waals surface area contributed by atoms with E-state index in [1.54, 1.807) is 26.4 Å². The van der Waals surface area contributed by atoms with Crippen molar-refractivity contribution in [2.75, 3.05) is 27.9 Å². The number of imidazole rings is 1. The lowest BCUT2D eigenvalue weighted by molar-refractivity contribution is 0.0733. The first-order valence-electron chi connectivity index (χ1n) is 14.6. The third-order valence-electron chi connectivity index (χ3n) is 7.55. The average molecular weight is 592 g/mol. The van der Waals surface area contributed by atoms with E-state index < -0.39 is 0 Å². The predicted octanol–water partition coefficient (Wildman–Crippen LogP) is 7.64. The van der Waals surface area contributed by atoms with E-state index in [9.17, 15) is 4.79 Å². The van der Waals surface area contributed by atoms with Gasteiger partial charge in [0, 0.05) is 24.7 Å². The highest BCUT2D eigenvalue weighted by Crippen LogP contribution is 2.38. The molecule has 0 atom stereocenters. The molecule has 0 radical (unpaired) electrons. The molecule has 42 heavy (non-hydrogen) atoms. The quantitative estimate of drug-likeness (QED) is 0.151. The van der Waals surface area contributed by atoms with Gasteiger partial charge in [0.15, 0.2) is 11.5 Å². The van der Waals surface area contributed by atoms with Crippen molar-refractivity contribution in [1.82, 2.24) is 14.3 Å². The number of unbranched alkanes of at least 4 members (excludes halogenated alkanes) is 1. The lowest BCUT2D eigenvalue weighted by atomic mass is 10.0. The summed E-state index contributed by atoms with van der Waals surface area (Å²) in [5.74, 6) is 1.90. The molecule has 2 aromatic carbocycles. The molecular weight excluding hydrogens is 550 g/mol. The van der Waals surface area contributed by atoms with Crippen molar-refractivity contribution in [3.8, 4) is 17.2 Å². The number of methoxy groups -OCH3 is 3. The maximum atomic E-state index is 14.1. The summed E-state index contributed by atoms with van der Waals surface area (Å²) in [6, 6.07) is 15.8. The zero-order valence-electron chi connectivity index (χ0n) is 25.6. The highest BCUT2D eigenvalue weighted by molar-refractivity contribution is 6.35. The Bertz CT molecular complexity index is 1510. The van der Waals surface area contributed by atoms with E-state index in [4.69, 9.17) is 30.8 Å². The summed E-state index contributed by atoms with van der Waals surface area (Å²) in [6.07, 6.45) is 6.79. The summed E-state index contributed by atoms with van der Waals surface area (Å²) >= 11 is 6.70. The Morgan fingerprint density at radius 3 is 2.48 bits per heavy atom. The monoisotopic (exact) mass is 591 g/mol. The van der Waals surface area contributed by atoms with Crippen molar-refractivity contribution in [3.63, 3.8) is 0 Å². The Hall–Kier alpha value is -3.71. The number of pyridine rings is 1. The number of benzene rings is 2. The Kier molecular flexibility index (Phi) is 10.7. The maximum absolute atomic E-state index is 14.1. The van der Waals surface area contributed by atoms with Crippen LogP contribution in [0.15, 0.2) is 54.7 Å². The molecule has 0 N–H and O–H groups in total. The van der Waals surface area contributed by atoms with Crippen molar-refractivity contribution in [2.45, 2.75) is 59.4 Å². The molecule has 2 aromatic heterocycles. The van der Waals surface area contributed by atoms with Gasteiger partial charge in [0.05, 0.1) is 49.8 Å². The van der Waals surface area contributed by atoms with Crippen LogP contribution in [0.1, 0.15) is 72.9 Å². The minimum absolute atomic E-state index is 0.177. The molecule has 0 aliphatic heterocycles. The van der Waals surface area contributed by atoms with Crippen molar-refractivity contribution in [1.29, 1.82) is 0 Å². The zero-order chi connectivity index (χ0) is 30.2. The van der Waals surface area contributed by atoms with E-state index in [1.807, 2.05) is 29.3 Å². The number of fused-ring (bicyclic) bond motifs is 1. The molecule has 0 saturated carbocycles. The standard InChI is InChI=1S/C34H42ClN3O4/c1-7-8-11-24-13-15-29(40-4)25(20-24)21-28-27(36-31-12-9-10-18-38(28)31)22-37(19-17-23(2)3)34(39)26-14-16-30(41-5)33(42-6)32(26)35/h9-10,12-16,18,20,23H,7-8,11,17,19,21-22H2,1-6H3. The summed E-state index contributed by atoms with van der Waals surface area (Å²) in [5, 5.41) is 0.236. The molecule has 0 saturated heterocycles. The SMILES string of the molecule is CCCCc1ccc(OC)c(Cc2c(CN(CCC(C)C)C(=O)c3ccc(OC)c(OC)c3Cl)nc3ccccn23)c1. The second-order valence-electron chi connectivity index (χ2n) is 10.9. The van der Waals surface area contributed by atoms with Crippen LogP contribution in [0.5, 0.6) is 17.2 Å². The van der Waals surface area contributed by atoms with Crippen LogP contribution in [0, 0.1) is 5.92 Å². The molecule has 0 fully saturated rings. The molecule has 0 aliphatic rings. The number of hydrogen-bond donors (Lipinski definition) is 0. The molecule has 0 aliphatic carbocycles. The van der Waals surface area contributed by atoms with Gasteiger partial charge in [-0.05, 0) is 61.1 Å². The second-order valence-corrected chi connectivity index (χ2v) is 11.3. The summed E-state index contributed by atoms with van der Waals surface area (Å²) < 4.78 is 18.7. The van der Waals surface area contributed by atoms with Crippen LogP contribution in [0.3, 0.4) is 0 Å². The summed E-state index contributed by atoms with van der Waals surface area (Å²) in [7, 11) is 4.77. The Morgan fingerprint density at radius 2 is 1.79 bits per heavy atom. The van der Waals surface area contributed by atoms with Gasteiger partial charge in [-0.1, -0.05) is 57.0 Å². The first-order valence-corrected chi connectivity index (χ1v) is 15.0. The van der Waals surface area contributed by atoms with Crippen molar-refractivity contribution in [3.05, 3.63) is 87.8 Å². The van der Waals surface area contributed by atoms with E-state index in [1.165, 1.54) is 12.7 Å². The molecule has 224 valence electrons. The average Bonchev–Trinajstić information content (AvgIpc) is 3.34. The van der Waals surface area contributed by atoms with Gasteiger partial charge in [-0.25, -0.2) is 4.98 Å². The number of rotatable bonds is 14. The van der Waals surface area contributed by atoms with Gasteiger partial charge in [-0.2, -0.15) is 0 Å². The van der Waals surface area contributed by atoms with Crippen LogP contribution < -0.4 is 14.2 Å². The number of halogens is 1. The molecule has 7 nitrogen and oxygen atoms in total. The van der Waals surface area contributed by atoms with E-state index in [0.29, 0.717) is 42.5 Å². The number of amides is 1. The highest BCUT2D eigenvalue weighted by atomic mass is 35.5. The maximum Gasteiger partial charge on any atom is 0.255 e. The normalized spacial score (nSPS) is 11.2. The number of nitrogens with zero attached hydrogens (tertiary/aromatic N) is 3. The minimum Gasteiger partial charge on any atom is -0.496 e. The molecule has 0 bridgehead atoms. The van der Waals surface area contributed by atoms with Crippen LogP contribution >= 0.6 is 11.6 Å². The van der Waals surface area contributed by atoms with Crippen LogP contribution in [-0.2, 0) is 19.4 Å². The number of carbonyl (C=O) groups is 1. The lowest BCUT2D eigenvalue weighted by Gasteiger charge is -2.25. The number of hydrogen-bond acceptors (Lipinski definition) is 5. The lowest BCUT2D eigenvalue weighted by Crippen LogP contribution is -2.33. The fraction of sp³-hybridized carbons (Fsp3) is 0.412. The van der Waals surface area contributed by atoms with E-state index in [-0.39, 0.29) is 10.9 Å². The van der Waals surface area contributed by atoms with Crippen LogP contribution in [0.25, 0.3) is 5.65 Å². The molecule has 4 aromatic rings. The van der Waals surface area contributed by atoms with E-state index in [2.05, 4.69) is 43.4 Å². The van der Waals surface area contributed by atoms with Gasteiger partial charge in [0.2, 0.25) is 0 Å². The molecular formula is C34H42ClN3O4. The number of ether oxygens (including phenoxy) is 3. The molecule has 4 rings (SSSR count). The van der Waals surface area contributed by atoms with E-state index >= 15 is 0 Å². The Balaban J connectivity index is 1.76. The van der Waals surface area contributed by atoms with E-state index in [0.717, 1.165) is 54.0 Å². The Morgan fingerprint density at radius 1 is 1.02 bits per heavy atom. The molecule has 1 amide bonds. The van der Waals surface area contributed by atoms with Crippen molar-refractivity contribution in [2.24, 2.45) is 5.92 Å². The fourth-order valence-corrected chi connectivity index (χ4v) is 5.48. The van der Waals surface area contributed by atoms with Gasteiger partial charge in [-0.3, -0.25) is 4.79 Å². The van der Waals surface area contributed by atoms with Crippen molar-refractivity contribution >= 4 is 23.2 Å². The minimum atomic E-state index is -0.177. The number of carbonyl (C=O) groups excluding carboxylic acids is 1. The third-order valence-corrected chi connectivity index (χ3v) is 7.93. The number of aromatic nitrogens is 2. The van der Waals surface area contributed by atoms with Crippen molar-refractivity contribution < 1.29 is 19.0 Å². The largest absolute Gasteiger partial charge is 0.496 e. The summed E-state index contributed by atoms with van der Waals surface area (Å²) in [4.78, 5) is 20.9. The highest BCUT2D eigenvalue weighted by Gasteiger charge is 2.25. The van der Waals surface area contributed by atoms with Gasteiger partial charge >= 0.3 is 0 Å². The van der Waals surface area contributed by atoms with Gasteiger partial charge in [-0.15, -0.1) is 0 Å². The third kappa shape index (κ3) is 7.01. The second kappa shape index (κ2) is 14.5.